The molecule has 0 radical (unpaired) electrons. The molecule has 0 amide bonds. The summed E-state index contributed by atoms with van der Waals surface area (Å²) < 4.78 is 0. The summed E-state index contributed by atoms with van der Waals surface area (Å²) in [5.74, 6) is 1.09. The Labute approximate surface area is 140 Å². The molecule has 0 aliphatic carbocycles. The summed E-state index contributed by atoms with van der Waals surface area (Å²) >= 11 is 1.68. The molecule has 0 N–H and O–H groups in total. The summed E-state index contributed by atoms with van der Waals surface area (Å²) in [6.07, 6.45) is 2.83. The van der Waals surface area contributed by atoms with E-state index in [0.717, 1.165) is 43.2 Å². The third-order valence-electron chi connectivity index (χ3n) is 4.44. The van der Waals surface area contributed by atoms with Crippen molar-refractivity contribution in [2.45, 2.75) is 13.3 Å². The second-order valence-electron chi connectivity index (χ2n) is 6.00. The van der Waals surface area contributed by atoms with Crippen LogP contribution in [0.2, 0.25) is 0 Å². The zero-order valence-corrected chi connectivity index (χ0v) is 14.1. The lowest BCUT2D eigenvalue weighted by atomic mass is 10.2. The first-order valence-electron chi connectivity index (χ1n) is 8.06. The molecule has 1 fully saturated rings. The highest BCUT2D eigenvalue weighted by atomic mass is 32.1. The van der Waals surface area contributed by atoms with E-state index >= 15 is 0 Å². The molecular weight excluding hydrogens is 304 g/mol. The van der Waals surface area contributed by atoms with Gasteiger partial charge in [0.25, 0.3) is 0 Å². The lowest BCUT2D eigenvalue weighted by molar-refractivity contribution is 0.799. The topological polar surface area (TPSA) is 32.3 Å². The van der Waals surface area contributed by atoms with Gasteiger partial charge in [-0.05, 0) is 36.9 Å². The first-order valence-corrected chi connectivity index (χ1v) is 8.94. The smallest absolute Gasteiger partial charge is 0.140 e. The number of hydrogen-bond acceptors (Lipinski definition) is 5. The second-order valence-corrected chi connectivity index (χ2v) is 6.89. The Kier molecular flexibility index (Phi) is 3.87. The highest BCUT2D eigenvalue weighted by Crippen LogP contribution is 2.28. The zero-order valence-electron chi connectivity index (χ0n) is 13.3. The molecule has 1 saturated heterocycles. The summed E-state index contributed by atoms with van der Waals surface area (Å²) in [7, 11) is 0. The standard InChI is InChI=1S/C18H20N4S/c1-14-3-5-15(6-4-14)21-8-2-9-22(11-10-21)17-16-7-12-23-18(16)20-13-19-17/h3-7,12-13H,2,8-11H2,1H3. The van der Waals surface area contributed by atoms with Crippen molar-refractivity contribution in [1.82, 2.24) is 9.97 Å². The molecule has 5 heteroatoms. The number of hydrogen-bond donors (Lipinski definition) is 0. The first-order chi connectivity index (χ1) is 11.3. The number of aryl methyl sites for hydroxylation is 1. The van der Waals surface area contributed by atoms with Gasteiger partial charge in [0.05, 0.1) is 5.39 Å². The lowest BCUT2D eigenvalue weighted by Gasteiger charge is -2.24. The largest absolute Gasteiger partial charge is 0.370 e. The van der Waals surface area contributed by atoms with Gasteiger partial charge in [0, 0.05) is 31.9 Å². The van der Waals surface area contributed by atoms with E-state index in [9.17, 15) is 0 Å². The molecule has 1 aromatic carbocycles. The van der Waals surface area contributed by atoms with E-state index in [2.05, 4.69) is 62.4 Å². The van der Waals surface area contributed by atoms with Gasteiger partial charge in [0.15, 0.2) is 0 Å². The number of fused-ring (bicyclic) bond motifs is 1. The molecule has 4 rings (SSSR count). The van der Waals surface area contributed by atoms with Crippen LogP contribution in [0.15, 0.2) is 42.0 Å². The molecule has 1 aliphatic heterocycles. The van der Waals surface area contributed by atoms with Crippen molar-refractivity contribution in [3.05, 3.63) is 47.6 Å². The van der Waals surface area contributed by atoms with Gasteiger partial charge in [-0.2, -0.15) is 0 Å². The van der Waals surface area contributed by atoms with E-state index in [-0.39, 0.29) is 0 Å². The lowest BCUT2D eigenvalue weighted by Crippen LogP contribution is -2.31. The molecule has 3 aromatic rings. The van der Waals surface area contributed by atoms with Gasteiger partial charge < -0.3 is 9.80 Å². The Bertz CT molecular complexity index is 796. The van der Waals surface area contributed by atoms with Crippen LogP contribution >= 0.6 is 11.3 Å². The average Bonchev–Trinajstić information content (AvgIpc) is 2.93. The molecule has 0 bridgehead atoms. The van der Waals surface area contributed by atoms with Gasteiger partial charge in [-0.15, -0.1) is 11.3 Å². The van der Waals surface area contributed by atoms with Crippen LogP contribution < -0.4 is 9.80 Å². The maximum Gasteiger partial charge on any atom is 0.140 e. The van der Waals surface area contributed by atoms with Gasteiger partial charge in [-0.1, -0.05) is 17.7 Å². The highest BCUT2D eigenvalue weighted by molar-refractivity contribution is 7.16. The average molecular weight is 324 g/mol. The second kappa shape index (κ2) is 6.16. The number of benzene rings is 1. The minimum atomic E-state index is 0.996. The number of rotatable bonds is 2. The Balaban J connectivity index is 1.55. The van der Waals surface area contributed by atoms with E-state index in [1.807, 2.05) is 0 Å². The fourth-order valence-corrected chi connectivity index (χ4v) is 3.90. The minimum Gasteiger partial charge on any atom is -0.370 e. The van der Waals surface area contributed by atoms with Gasteiger partial charge in [-0.25, -0.2) is 9.97 Å². The molecule has 0 spiro atoms. The van der Waals surface area contributed by atoms with Crippen molar-refractivity contribution < 1.29 is 0 Å². The predicted octanol–water partition coefficient (Wildman–Crippen LogP) is 3.72. The predicted molar refractivity (Wildman–Crippen MR) is 97.6 cm³/mol. The van der Waals surface area contributed by atoms with Crippen molar-refractivity contribution in [2.24, 2.45) is 0 Å². The molecule has 0 saturated carbocycles. The highest BCUT2D eigenvalue weighted by Gasteiger charge is 2.18. The summed E-state index contributed by atoms with van der Waals surface area (Å²) in [6.45, 7) is 6.30. The number of nitrogens with zero attached hydrogens (tertiary/aromatic N) is 4. The molecular formula is C18H20N4S. The van der Waals surface area contributed by atoms with Crippen LogP contribution in [0.4, 0.5) is 11.5 Å². The number of aromatic nitrogens is 2. The Morgan fingerprint density at radius 2 is 1.70 bits per heavy atom. The summed E-state index contributed by atoms with van der Waals surface area (Å²) in [5.41, 5.74) is 2.63. The minimum absolute atomic E-state index is 0.996. The maximum atomic E-state index is 4.56. The quantitative estimate of drug-likeness (QED) is 0.719. The van der Waals surface area contributed by atoms with E-state index in [0.29, 0.717) is 0 Å². The molecule has 118 valence electrons. The van der Waals surface area contributed by atoms with Crippen molar-refractivity contribution in [2.75, 3.05) is 36.0 Å². The van der Waals surface area contributed by atoms with Gasteiger partial charge in [0.2, 0.25) is 0 Å². The van der Waals surface area contributed by atoms with Crippen LogP contribution in [-0.2, 0) is 0 Å². The van der Waals surface area contributed by atoms with Gasteiger partial charge in [0.1, 0.15) is 17.0 Å². The normalized spacial score (nSPS) is 15.9. The molecule has 23 heavy (non-hydrogen) atoms. The molecule has 0 atom stereocenters. The molecule has 2 aromatic heterocycles. The Morgan fingerprint density at radius 1 is 0.913 bits per heavy atom. The third-order valence-corrected chi connectivity index (χ3v) is 5.26. The van der Waals surface area contributed by atoms with E-state index < -0.39 is 0 Å². The van der Waals surface area contributed by atoms with Crippen LogP contribution in [0.25, 0.3) is 10.2 Å². The van der Waals surface area contributed by atoms with Crippen LogP contribution in [0.3, 0.4) is 0 Å². The van der Waals surface area contributed by atoms with E-state index in [1.54, 1.807) is 17.7 Å². The molecule has 4 nitrogen and oxygen atoms in total. The van der Waals surface area contributed by atoms with Crippen molar-refractivity contribution in [3.63, 3.8) is 0 Å². The summed E-state index contributed by atoms with van der Waals surface area (Å²) in [5, 5.41) is 3.28. The zero-order chi connectivity index (χ0) is 15.6. The van der Waals surface area contributed by atoms with Crippen LogP contribution in [0.5, 0.6) is 0 Å². The molecule has 3 heterocycles. The van der Waals surface area contributed by atoms with Crippen LogP contribution in [0, 0.1) is 6.92 Å². The monoisotopic (exact) mass is 324 g/mol. The Morgan fingerprint density at radius 3 is 2.57 bits per heavy atom. The van der Waals surface area contributed by atoms with Crippen molar-refractivity contribution in [3.8, 4) is 0 Å². The number of anilines is 2. The fourth-order valence-electron chi connectivity index (χ4n) is 3.17. The van der Waals surface area contributed by atoms with Gasteiger partial charge >= 0.3 is 0 Å². The molecule has 1 aliphatic rings. The molecule has 0 unspecified atom stereocenters. The maximum absolute atomic E-state index is 4.56. The van der Waals surface area contributed by atoms with Crippen molar-refractivity contribution in [1.29, 1.82) is 0 Å². The van der Waals surface area contributed by atoms with Crippen LogP contribution in [0.1, 0.15) is 12.0 Å². The van der Waals surface area contributed by atoms with Crippen LogP contribution in [-0.4, -0.2) is 36.1 Å². The SMILES string of the molecule is Cc1ccc(N2CCCN(c3ncnc4sccc34)CC2)cc1. The summed E-state index contributed by atoms with van der Waals surface area (Å²) in [4.78, 5) is 14.9. The van der Waals surface area contributed by atoms with Gasteiger partial charge in [-0.3, -0.25) is 0 Å². The first kappa shape index (κ1) is 14.5. The Hall–Kier alpha value is -2.14. The third kappa shape index (κ3) is 2.88. The van der Waals surface area contributed by atoms with Crippen molar-refractivity contribution >= 4 is 33.1 Å². The summed E-state index contributed by atoms with van der Waals surface area (Å²) in [6, 6.07) is 11.0. The van der Waals surface area contributed by atoms with E-state index in [1.165, 1.54) is 16.6 Å². The fraction of sp³-hybridized carbons (Fsp3) is 0.333. The number of thiophene rings is 1. The van der Waals surface area contributed by atoms with E-state index in [4.69, 9.17) is 0 Å².